The molecule has 1 N–H and O–H groups in total. The number of benzene rings is 2. The van der Waals surface area contributed by atoms with Crippen LogP contribution < -0.4 is 10.1 Å². The fourth-order valence-electron chi connectivity index (χ4n) is 3.29. The van der Waals surface area contributed by atoms with Crippen LogP contribution in [0.4, 0.5) is 5.69 Å². The van der Waals surface area contributed by atoms with E-state index < -0.39 is 10.0 Å². The molecule has 1 aliphatic heterocycles. The smallest absolute Gasteiger partial charge is 0.243 e. The maximum absolute atomic E-state index is 12.8. The van der Waals surface area contributed by atoms with Gasteiger partial charge in [-0.05, 0) is 61.2 Å². The van der Waals surface area contributed by atoms with Gasteiger partial charge in [0.1, 0.15) is 5.75 Å². The molecule has 0 bridgehead atoms. The lowest BCUT2D eigenvalue weighted by Gasteiger charge is -2.17. The maximum Gasteiger partial charge on any atom is 0.243 e. The number of nitrogens with one attached hydrogen (secondary N) is 1. The molecule has 1 saturated heterocycles. The van der Waals surface area contributed by atoms with Gasteiger partial charge in [0.05, 0.1) is 12.0 Å². The third kappa shape index (κ3) is 5.42. The van der Waals surface area contributed by atoms with Gasteiger partial charge in [0.15, 0.2) is 0 Å². The van der Waals surface area contributed by atoms with Crippen LogP contribution in [0.25, 0.3) is 0 Å². The van der Waals surface area contributed by atoms with Crippen molar-refractivity contribution in [1.82, 2.24) is 4.31 Å². The molecular weight excluding hydrogens is 435 g/mol. The summed E-state index contributed by atoms with van der Waals surface area (Å²) in [4.78, 5) is 12.6. The van der Waals surface area contributed by atoms with Crippen LogP contribution in [0, 0.1) is 0 Å². The first kappa shape index (κ1) is 21.9. The minimum Gasteiger partial charge on any atom is -0.496 e. The molecular formula is C20H22Cl2N2O4S. The molecule has 0 saturated carbocycles. The van der Waals surface area contributed by atoms with E-state index in [0.717, 1.165) is 12.8 Å². The van der Waals surface area contributed by atoms with Crippen molar-refractivity contribution in [2.45, 2.75) is 30.6 Å². The second kappa shape index (κ2) is 9.34. The molecule has 0 aromatic heterocycles. The molecule has 0 aliphatic carbocycles. The third-order valence-corrected chi connectivity index (χ3v) is 7.05. The molecule has 1 heterocycles. The number of hydrogen-bond donors (Lipinski definition) is 1. The number of sulfonamides is 1. The molecule has 29 heavy (non-hydrogen) atoms. The summed E-state index contributed by atoms with van der Waals surface area (Å²) >= 11 is 11.9. The van der Waals surface area contributed by atoms with Gasteiger partial charge in [0.2, 0.25) is 15.9 Å². The molecule has 156 valence electrons. The Balaban J connectivity index is 1.73. The van der Waals surface area contributed by atoms with Gasteiger partial charge in [-0.1, -0.05) is 23.2 Å². The fraction of sp³-hybridized carbons (Fsp3) is 0.350. The topological polar surface area (TPSA) is 75.7 Å². The zero-order chi connectivity index (χ0) is 21.0. The van der Waals surface area contributed by atoms with Crippen molar-refractivity contribution < 1.29 is 17.9 Å². The SMILES string of the molecule is COc1ccc(S(=O)(=O)N2CCCC2)cc1CCC(=O)Nc1cc(Cl)cc(Cl)c1. The van der Waals surface area contributed by atoms with Crippen LogP contribution in [-0.2, 0) is 21.2 Å². The summed E-state index contributed by atoms with van der Waals surface area (Å²) in [5.74, 6) is 0.308. The first-order valence-electron chi connectivity index (χ1n) is 9.22. The van der Waals surface area contributed by atoms with E-state index in [1.165, 1.54) is 11.4 Å². The minimum atomic E-state index is -3.53. The van der Waals surface area contributed by atoms with E-state index in [2.05, 4.69) is 5.32 Å². The van der Waals surface area contributed by atoms with Crippen molar-refractivity contribution in [1.29, 1.82) is 0 Å². The lowest BCUT2D eigenvalue weighted by atomic mass is 10.1. The lowest BCUT2D eigenvalue weighted by Crippen LogP contribution is -2.28. The summed E-state index contributed by atoms with van der Waals surface area (Å²) in [6.45, 7) is 1.07. The second-order valence-corrected chi connectivity index (χ2v) is 9.60. The standard InChI is InChI=1S/C20H22Cl2N2O4S/c1-28-19-6-5-18(29(26,27)24-8-2-3-9-24)10-14(19)4-7-20(25)23-17-12-15(21)11-16(22)13-17/h5-6,10-13H,2-4,7-9H2,1H3,(H,23,25). The number of halogens is 2. The predicted octanol–water partition coefficient (Wildman–Crippen LogP) is 4.36. The molecule has 6 nitrogen and oxygen atoms in total. The number of ether oxygens (including phenoxy) is 1. The van der Waals surface area contributed by atoms with Crippen molar-refractivity contribution in [3.8, 4) is 5.75 Å². The minimum absolute atomic E-state index is 0.147. The van der Waals surface area contributed by atoms with Crippen LogP contribution in [-0.4, -0.2) is 38.8 Å². The summed E-state index contributed by atoms with van der Waals surface area (Å²) in [5.41, 5.74) is 1.16. The van der Waals surface area contributed by atoms with E-state index in [0.29, 0.717) is 46.6 Å². The van der Waals surface area contributed by atoms with E-state index in [-0.39, 0.29) is 17.2 Å². The Morgan fingerprint density at radius 3 is 2.38 bits per heavy atom. The van der Waals surface area contributed by atoms with Crippen LogP contribution in [0.5, 0.6) is 5.75 Å². The van der Waals surface area contributed by atoms with E-state index in [1.54, 1.807) is 36.4 Å². The maximum atomic E-state index is 12.8. The zero-order valence-electron chi connectivity index (χ0n) is 16.0. The highest BCUT2D eigenvalue weighted by Crippen LogP contribution is 2.28. The number of carbonyl (C=O) groups is 1. The van der Waals surface area contributed by atoms with Crippen molar-refractivity contribution in [2.75, 3.05) is 25.5 Å². The number of carbonyl (C=O) groups excluding carboxylic acids is 1. The van der Waals surface area contributed by atoms with Gasteiger partial charge in [0, 0.05) is 35.2 Å². The van der Waals surface area contributed by atoms with Gasteiger partial charge in [0.25, 0.3) is 0 Å². The Labute approximate surface area is 180 Å². The van der Waals surface area contributed by atoms with E-state index in [1.807, 2.05) is 0 Å². The third-order valence-electron chi connectivity index (χ3n) is 4.72. The Bertz CT molecular complexity index is 985. The molecule has 0 unspecified atom stereocenters. The molecule has 1 amide bonds. The normalized spacial score (nSPS) is 14.7. The lowest BCUT2D eigenvalue weighted by molar-refractivity contribution is -0.116. The summed E-state index contributed by atoms with van der Waals surface area (Å²) < 4.78 is 32.5. The Hall–Kier alpha value is -1.80. The first-order chi connectivity index (χ1) is 13.8. The molecule has 1 fully saturated rings. The Morgan fingerprint density at radius 2 is 1.76 bits per heavy atom. The van der Waals surface area contributed by atoms with E-state index in [4.69, 9.17) is 27.9 Å². The van der Waals surface area contributed by atoms with Crippen molar-refractivity contribution in [3.63, 3.8) is 0 Å². The van der Waals surface area contributed by atoms with Crippen LogP contribution in [0.3, 0.4) is 0 Å². The summed E-state index contributed by atoms with van der Waals surface area (Å²) in [6, 6.07) is 9.56. The highest BCUT2D eigenvalue weighted by molar-refractivity contribution is 7.89. The Kier molecular flexibility index (Phi) is 7.05. The fourth-order valence-corrected chi connectivity index (χ4v) is 5.38. The van der Waals surface area contributed by atoms with Gasteiger partial charge in [-0.3, -0.25) is 4.79 Å². The van der Waals surface area contributed by atoms with Gasteiger partial charge in [-0.15, -0.1) is 0 Å². The molecule has 0 atom stereocenters. The highest BCUT2D eigenvalue weighted by Gasteiger charge is 2.27. The predicted molar refractivity (Wildman–Crippen MR) is 114 cm³/mol. The quantitative estimate of drug-likeness (QED) is 0.671. The molecule has 0 spiro atoms. The van der Waals surface area contributed by atoms with Gasteiger partial charge in [-0.25, -0.2) is 8.42 Å². The molecule has 9 heteroatoms. The van der Waals surface area contributed by atoms with E-state index >= 15 is 0 Å². The molecule has 0 radical (unpaired) electrons. The van der Waals surface area contributed by atoms with Crippen molar-refractivity contribution in [3.05, 3.63) is 52.0 Å². The number of rotatable bonds is 7. The average molecular weight is 457 g/mol. The number of hydrogen-bond acceptors (Lipinski definition) is 4. The summed E-state index contributed by atoms with van der Waals surface area (Å²) in [7, 11) is -2.02. The zero-order valence-corrected chi connectivity index (χ0v) is 18.3. The van der Waals surface area contributed by atoms with Crippen LogP contribution >= 0.6 is 23.2 Å². The monoisotopic (exact) mass is 456 g/mol. The van der Waals surface area contributed by atoms with E-state index in [9.17, 15) is 13.2 Å². The number of aryl methyl sites for hydroxylation is 1. The largest absolute Gasteiger partial charge is 0.496 e. The van der Waals surface area contributed by atoms with Crippen LogP contribution in [0.15, 0.2) is 41.3 Å². The number of anilines is 1. The van der Waals surface area contributed by atoms with Crippen LogP contribution in [0.2, 0.25) is 10.0 Å². The first-order valence-corrected chi connectivity index (χ1v) is 11.4. The van der Waals surface area contributed by atoms with Crippen LogP contribution in [0.1, 0.15) is 24.8 Å². The number of amides is 1. The molecule has 1 aliphatic rings. The van der Waals surface area contributed by atoms with Crippen molar-refractivity contribution >= 4 is 44.8 Å². The Morgan fingerprint density at radius 1 is 1.10 bits per heavy atom. The van der Waals surface area contributed by atoms with Gasteiger partial charge in [-0.2, -0.15) is 4.31 Å². The second-order valence-electron chi connectivity index (χ2n) is 6.79. The summed E-state index contributed by atoms with van der Waals surface area (Å²) in [6.07, 6.45) is 2.21. The highest BCUT2D eigenvalue weighted by atomic mass is 35.5. The molecule has 2 aromatic carbocycles. The summed E-state index contributed by atoms with van der Waals surface area (Å²) in [5, 5.41) is 3.60. The van der Waals surface area contributed by atoms with Crippen molar-refractivity contribution in [2.24, 2.45) is 0 Å². The number of methoxy groups -OCH3 is 1. The van der Waals surface area contributed by atoms with Gasteiger partial charge < -0.3 is 10.1 Å². The van der Waals surface area contributed by atoms with Gasteiger partial charge >= 0.3 is 0 Å². The average Bonchev–Trinajstić information content (AvgIpc) is 3.21. The number of nitrogens with zero attached hydrogens (tertiary/aromatic N) is 1. The molecule has 2 aromatic rings. The molecule has 3 rings (SSSR count).